The van der Waals surface area contributed by atoms with E-state index < -0.39 is 0 Å². The average Bonchev–Trinajstić information content (AvgIpc) is 3.04. The van der Waals surface area contributed by atoms with Gasteiger partial charge in [-0.1, -0.05) is 18.5 Å². The van der Waals surface area contributed by atoms with E-state index in [1.807, 2.05) is 19.1 Å². The van der Waals surface area contributed by atoms with Gasteiger partial charge in [-0.3, -0.25) is 4.79 Å². The predicted molar refractivity (Wildman–Crippen MR) is 90.7 cm³/mol. The Morgan fingerprint density at radius 2 is 2.10 bits per heavy atom. The molecule has 2 aromatic rings. The highest BCUT2D eigenvalue weighted by Gasteiger charge is 2.16. The number of nitrogens with one attached hydrogen (secondary N) is 2. The summed E-state index contributed by atoms with van der Waals surface area (Å²) in [6.07, 6.45) is 1.09. The standard InChI is InChI=1S/C14H18ClN3OS2/c1-3-6-16-7-8-17-13(19)12-9(2)18-14(21-12)10-4-5-11(15)20-10/h4-5,16H,3,6-8H2,1-2H3,(H,17,19). The highest BCUT2D eigenvalue weighted by molar-refractivity contribution is 7.24. The van der Waals surface area contributed by atoms with E-state index in [1.165, 1.54) is 22.7 Å². The number of carbonyl (C=O) groups is 1. The molecule has 0 unspecified atom stereocenters. The molecule has 0 aromatic carbocycles. The molecule has 0 fully saturated rings. The number of amides is 1. The number of halogens is 1. The molecule has 0 bridgehead atoms. The topological polar surface area (TPSA) is 54.0 Å². The van der Waals surface area contributed by atoms with Crippen LogP contribution in [-0.4, -0.2) is 30.5 Å². The molecule has 2 aromatic heterocycles. The van der Waals surface area contributed by atoms with Crippen LogP contribution in [0.15, 0.2) is 12.1 Å². The Kier molecular flexibility index (Phi) is 6.17. The molecule has 0 aliphatic carbocycles. The van der Waals surface area contributed by atoms with Crippen molar-refractivity contribution in [1.82, 2.24) is 15.6 Å². The number of aromatic nitrogens is 1. The van der Waals surface area contributed by atoms with E-state index in [0.29, 0.717) is 11.4 Å². The minimum atomic E-state index is -0.0581. The molecule has 4 nitrogen and oxygen atoms in total. The van der Waals surface area contributed by atoms with E-state index in [1.54, 1.807) is 0 Å². The number of carbonyl (C=O) groups excluding carboxylic acids is 1. The molecule has 0 atom stereocenters. The van der Waals surface area contributed by atoms with Crippen LogP contribution in [0.25, 0.3) is 9.88 Å². The fraction of sp³-hybridized carbons (Fsp3) is 0.429. The summed E-state index contributed by atoms with van der Waals surface area (Å²) in [6.45, 7) is 6.35. The van der Waals surface area contributed by atoms with Crippen LogP contribution in [0.5, 0.6) is 0 Å². The van der Waals surface area contributed by atoms with E-state index in [4.69, 9.17) is 11.6 Å². The van der Waals surface area contributed by atoms with Crippen molar-refractivity contribution < 1.29 is 4.79 Å². The fourth-order valence-electron chi connectivity index (χ4n) is 1.79. The van der Waals surface area contributed by atoms with Gasteiger partial charge in [-0.2, -0.15) is 0 Å². The van der Waals surface area contributed by atoms with E-state index in [2.05, 4.69) is 22.5 Å². The Morgan fingerprint density at radius 3 is 2.76 bits per heavy atom. The Morgan fingerprint density at radius 1 is 1.29 bits per heavy atom. The van der Waals surface area contributed by atoms with Gasteiger partial charge < -0.3 is 10.6 Å². The van der Waals surface area contributed by atoms with E-state index >= 15 is 0 Å². The highest BCUT2D eigenvalue weighted by atomic mass is 35.5. The zero-order valence-corrected chi connectivity index (χ0v) is 14.4. The number of thiazole rings is 1. The van der Waals surface area contributed by atoms with Crippen molar-refractivity contribution in [1.29, 1.82) is 0 Å². The lowest BCUT2D eigenvalue weighted by Crippen LogP contribution is -2.32. The number of hydrogen-bond acceptors (Lipinski definition) is 5. The normalized spacial score (nSPS) is 10.8. The van der Waals surface area contributed by atoms with Gasteiger partial charge in [0.1, 0.15) is 9.88 Å². The first-order chi connectivity index (χ1) is 10.1. The second kappa shape index (κ2) is 7.89. The summed E-state index contributed by atoms with van der Waals surface area (Å²) in [5.74, 6) is -0.0581. The molecule has 0 radical (unpaired) electrons. The Hall–Kier alpha value is -0.950. The summed E-state index contributed by atoms with van der Waals surface area (Å²) in [4.78, 5) is 18.3. The average molecular weight is 344 g/mol. The lowest BCUT2D eigenvalue weighted by Gasteiger charge is -2.04. The van der Waals surface area contributed by atoms with Gasteiger partial charge in [-0.05, 0) is 32.0 Å². The van der Waals surface area contributed by atoms with Gasteiger partial charge in [0, 0.05) is 13.1 Å². The first-order valence-corrected chi connectivity index (χ1v) is 8.85. The number of rotatable bonds is 7. The number of nitrogens with zero attached hydrogens (tertiary/aromatic N) is 1. The van der Waals surface area contributed by atoms with E-state index in [0.717, 1.165) is 39.4 Å². The molecule has 0 aliphatic heterocycles. The summed E-state index contributed by atoms with van der Waals surface area (Å²) in [6, 6.07) is 3.78. The smallest absolute Gasteiger partial charge is 0.263 e. The minimum absolute atomic E-state index is 0.0581. The van der Waals surface area contributed by atoms with Gasteiger partial charge in [0.15, 0.2) is 0 Å². The molecule has 2 rings (SSSR count). The molecule has 7 heteroatoms. The molecular weight excluding hydrogens is 326 g/mol. The third-order valence-corrected chi connectivity index (χ3v) is 5.36. The van der Waals surface area contributed by atoms with Crippen molar-refractivity contribution in [3.63, 3.8) is 0 Å². The molecule has 0 saturated carbocycles. The third-order valence-electron chi connectivity index (χ3n) is 2.80. The Labute approximate surface area is 137 Å². The summed E-state index contributed by atoms with van der Waals surface area (Å²) >= 11 is 8.82. The largest absolute Gasteiger partial charge is 0.350 e. The van der Waals surface area contributed by atoms with Gasteiger partial charge in [0.2, 0.25) is 0 Å². The lowest BCUT2D eigenvalue weighted by molar-refractivity contribution is 0.0957. The van der Waals surface area contributed by atoms with Crippen molar-refractivity contribution in [3.8, 4) is 9.88 Å². The molecule has 2 heterocycles. The van der Waals surface area contributed by atoms with Crippen LogP contribution in [0, 0.1) is 6.92 Å². The SMILES string of the molecule is CCCNCCNC(=O)c1sc(-c2ccc(Cl)s2)nc1C. The number of aryl methyl sites for hydroxylation is 1. The van der Waals surface area contributed by atoms with Crippen LogP contribution in [0.3, 0.4) is 0 Å². The maximum Gasteiger partial charge on any atom is 0.263 e. The van der Waals surface area contributed by atoms with Gasteiger partial charge >= 0.3 is 0 Å². The monoisotopic (exact) mass is 343 g/mol. The van der Waals surface area contributed by atoms with Crippen LogP contribution in [0.4, 0.5) is 0 Å². The quantitative estimate of drug-likeness (QED) is 0.756. The van der Waals surface area contributed by atoms with Crippen LogP contribution < -0.4 is 10.6 Å². The Balaban J connectivity index is 1.97. The van der Waals surface area contributed by atoms with Crippen molar-refractivity contribution in [3.05, 3.63) is 27.0 Å². The van der Waals surface area contributed by atoms with Crippen LogP contribution >= 0.6 is 34.3 Å². The molecule has 0 saturated heterocycles. The zero-order valence-electron chi connectivity index (χ0n) is 12.0. The van der Waals surface area contributed by atoms with E-state index in [9.17, 15) is 4.79 Å². The summed E-state index contributed by atoms with van der Waals surface area (Å²) in [7, 11) is 0. The maximum absolute atomic E-state index is 12.2. The first kappa shape index (κ1) is 16.4. The second-order valence-electron chi connectivity index (χ2n) is 4.54. The van der Waals surface area contributed by atoms with E-state index in [-0.39, 0.29) is 5.91 Å². The van der Waals surface area contributed by atoms with Gasteiger partial charge in [-0.25, -0.2) is 4.98 Å². The molecule has 1 amide bonds. The predicted octanol–water partition coefficient (Wildman–Crippen LogP) is 3.56. The molecule has 21 heavy (non-hydrogen) atoms. The summed E-state index contributed by atoms with van der Waals surface area (Å²) in [5, 5.41) is 7.01. The zero-order chi connectivity index (χ0) is 15.2. The molecular formula is C14H18ClN3OS2. The van der Waals surface area contributed by atoms with Crippen molar-refractivity contribution in [2.45, 2.75) is 20.3 Å². The first-order valence-electron chi connectivity index (χ1n) is 6.84. The Bertz CT molecular complexity index is 609. The van der Waals surface area contributed by atoms with Crippen molar-refractivity contribution >= 4 is 40.2 Å². The number of thiophene rings is 1. The summed E-state index contributed by atoms with van der Waals surface area (Å²) < 4.78 is 0.728. The second-order valence-corrected chi connectivity index (χ2v) is 7.26. The minimum Gasteiger partial charge on any atom is -0.350 e. The highest BCUT2D eigenvalue weighted by Crippen LogP contribution is 2.34. The number of hydrogen-bond donors (Lipinski definition) is 2. The van der Waals surface area contributed by atoms with Gasteiger partial charge in [-0.15, -0.1) is 22.7 Å². The molecule has 2 N–H and O–H groups in total. The van der Waals surface area contributed by atoms with Crippen LogP contribution in [-0.2, 0) is 0 Å². The van der Waals surface area contributed by atoms with Gasteiger partial charge in [0.05, 0.1) is 14.9 Å². The summed E-state index contributed by atoms with van der Waals surface area (Å²) in [5.41, 5.74) is 0.763. The van der Waals surface area contributed by atoms with Crippen LogP contribution in [0.2, 0.25) is 4.34 Å². The maximum atomic E-state index is 12.2. The van der Waals surface area contributed by atoms with Crippen molar-refractivity contribution in [2.75, 3.05) is 19.6 Å². The molecule has 0 spiro atoms. The molecule has 114 valence electrons. The third kappa shape index (κ3) is 4.51. The fourth-order valence-corrected chi connectivity index (χ4v) is 3.87. The molecule has 0 aliphatic rings. The van der Waals surface area contributed by atoms with Gasteiger partial charge in [0.25, 0.3) is 5.91 Å². The lowest BCUT2D eigenvalue weighted by atomic mass is 10.3. The van der Waals surface area contributed by atoms with Crippen LogP contribution in [0.1, 0.15) is 28.7 Å². The van der Waals surface area contributed by atoms with Crippen molar-refractivity contribution in [2.24, 2.45) is 0 Å².